The number of hydrogen-bond donors (Lipinski definition) is 16. The number of carbonyl (C=O) groups is 11. The molecule has 0 saturated carbocycles. The first-order valence-corrected chi connectivity index (χ1v) is 21.9. The van der Waals surface area contributed by atoms with Crippen LogP contribution in [0.3, 0.4) is 0 Å². The van der Waals surface area contributed by atoms with Gasteiger partial charge in [-0.3, -0.25) is 47.9 Å². The quantitative estimate of drug-likeness (QED) is 0.0312. The van der Waals surface area contributed by atoms with Crippen LogP contribution in [0.15, 0.2) is 25.0 Å². The van der Waals surface area contributed by atoms with E-state index in [1.165, 1.54) is 25.0 Å². The van der Waals surface area contributed by atoms with Gasteiger partial charge >= 0.3 is 11.9 Å². The van der Waals surface area contributed by atoms with Crippen molar-refractivity contribution in [2.75, 3.05) is 6.54 Å². The van der Waals surface area contributed by atoms with Crippen molar-refractivity contribution in [1.82, 2.24) is 62.5 Å². The third-order valence-electron chi connectivity index (χ3n) is 10.1. The maximum Gasteiger partial charge on any atom is 0.305 e. The lowest BCUT2D eigenvalue weighted by Gasteiger charge is -2.29. The van der Waals surface area contributed by atoms with Gasteiger partial charge in [0, 0.05) is 43.0 Å². The summed E-state index contributed by atoms with van der Waals surface area (Å²) < 4.78 is 0. The second-order valence-corrected chi connectivity index (χ2v) is 16.7. The minimum absolute atomic E-state index is 0.0142. The molecule has 2 heterocycles. The summed E-state index contributed by atoms with van der Waals surface area (Å²) in [6.07, 6.45) is -1.76. The van der Waals surface area contributed by atoms with Gasteiger partial charge in [0.15, 0.2) is 0 Å². The summed E-state index contributed by atoms with van der Waals surface area (Å²) >= 11 is 0. The van der Waals surface area contributed by atoms with Crippen LogP contribution in [0.5, 0.6) is 0 Å². The Morgan fingerprint density at radius 2 is 1.00 bits per heavy atom. The fraction of sp³-hybridized carbons (Fsp3) is 0.585. The Hall–Kier alpha value is -7.37. The van der Waals surface area contributed by atoms with Gasteiger partial charge in [-0.1, -0.05) is 13.8 Å². The molecule has 2 aromatic heterocycles. The highest BCUT2D eigenvalue weighted by atomic mass is 16.4. The third kappa shape index (κ3) is 20.1. The molecule has 11 atom stereocenters. The molecule has 0 aliphatic rings. The number of carbonyl (C=O) groups excluding carboxylic acids is 9. The molecule has 0 unspecified atom stereocenters. The van der Waals surface area contributed by atoms with Crippen molar-refractivity contribution in [3.63, 3.8) is 0 Å². The molecule has 0 fully saturated rings. The predicted octanol–water partition coefficient (Wildman–Crippen LogP) is -6.52. The SMILES string of the molecule is CC(C)C[C@H](NC(=O)[C@@H](NC(=O)[C@@H](NC(=O)[C@H](CC(=O)O)NC(=O)[C@@H](NC(=O)CN)[C@@H](C)O)[C@@H](C)O)[C@@H](C)O)C(=O)N[C@@H](CCC(=O)O)C(=O)N[C@@H](Cc1cnc[nH]1)C(=O)N[C@H](C=O)Cc1cnc[nH]1. The Kier molecular flexibility index (Phi) is 24.2. The second-order valence-electron chi connectivity index (χ2n) is 16.7. The Balaban J connectivity index is 2.34. The zero-order chi connectivity index (χ0) is 52.8. The monoisotopic (exact) mass is 993 g/mol. The van der Waals surface area contributed by atoms with E-state index in [2.05, 4.69) is 57.2 Å². The number of nitrogens with two attached hydrogens (primary N) is 1. The van der Waals surface area contributed by atoms with Crippen molar-refractivity contribution < 1.29 is 78.3 Å². The van der Waals surface area contributed by atoms with Crippen molar-refractivity contribution in [3.05, 3.63) is 36.4 Å². The van der Waals surface area contributed by atoms with Crippen molar-refractivity contribution in [2.24, 2.45) is 11.7 Å². The summed E-state index contributed by atoms with van der Waals surface area (Å²) in [6.45, 7) is 5.91. The number of aliphatic carboxylic acids is 2. The van der Waals surface area contributed by atoms with Crippen LogP contribution in [0.1, 0.15) is 71.7 Å². The highest BCUT2D eigenvalue weighted by Gasteiger charge is 2.38. The molecule has 0 spiro atoms. The van der Waals surface area contributed by atoms with E-state index in [1.54, 1.807) is 13.8 Å². The number of imidazole rings is 2. The first kappa shape index (κ1) is 58.8. The van der Waals surface area contributed by atoms with E-state index < -0.39 is 152 Å². The molecule has 0 aromatic carbocycles. The standard InChI is InChI=1S/C41H63N13O16/c1-18(2)8-26(37(66)48-25(6-7-30(60)61)35(64)49-27(10-23-14-44-17-46-23)36(65)47-24(15-55)9-22-13-43-16-45-22)50-40(69)33(20(4)57)54-41(70)34(21(5)58)53-38(67)28(11-31(62)63)51-39(68)32(19(3)56)52-29(59)12-42/h13-21,24-28,32-34,56-58H,6-12,42H2,1-5H3,(H,43,45)(H,44,46)(H,47,65)(H,48,66)(H,49,64)(H,50,69)(H,51,68)(H,52,59)(H,53,67)(H,54,70)(H,60,61)(H,62,63)/t19-,20-,21-,24+,25+,26+,27+,28+,32+,33+,34+/m1/s1. The summed E-state index contributed by atoms with van der Waals surface area (Å²) in [5.74, 6) is -12.3. The topological polar surface area (TPSA) is 469 Å². The number of H-pyrrole nitrogens is 2. The van der Waals surface area contributed by atoms with Gasteiger partial charge in [-0.25, -0.2) is 9.97 Å². The molecule has 29 nitrogen and oxygen atoms in total. The van der Waals surface area contributed by atoms with Crippen molar-refractivity contribution >= 4 is 65.5 Å². The molecule has 17 N–H and O–H groups in total. The molecule has 8 amide bonds. The second kappa shape index (κ2) is 28.8. The first-order chi connectivity index (χ1) is 32.9. The number of rotatable bonds is 31. The summed E-state index contributed by atoms with van der Waals surface area (Å²) in [4.78, 5) is 155. The van der Waals surface area contributed by atoms with Gasteiger partial charge in [-0.15, -0.1) is 0 Å². The lowest BCUT2D eigenvalue weighted by molar-refractivity contribution is -0.142. The molecule has 2 aromatic rings. The number of hydrogen-bond acceptors (Lipinski definition) is 17. The Morgan fingerprint density at radius 1 is 0.571 bits per heavy atom. The Labute approximate surface area is 400 Å². The number of aromatic nitrogens is 4. The fourth-order valence-electron chi connectivity index (χ4n) is 6.51. The highest BCUT2D eigenvalue weighted by molar-refractivity contribution is 5.99. The van der Waals surface area contributed by atoms with E-state index in [-0.39, 0.29) is 25.2 Å². The average molecular weight is 994 g/mol. The number of aldehydes is 1. The van der Waals surface area contributed by atoms with Crippen molar-refractivity contribution in [3.8, 4) is 0 Å². The van der Waals surface area contributed by atoms with Gasteiger partial charge in [0.05, 0.1) is 50.0 Å². The normalized spacial score (nSPS) is 15.9. The van der Waals surface area contributed by atoms with Gasteiger partial charge < -0.3 is 88.6 Å². The largest absolute Gasteiger partial charge is 0.481 e. The number of nitrogens with one attached hydrogen (secondary N) is 10. The van der Waals surface area contributed by atoms with Crippen LogP contribution in [0, 0.1) is 5.92 Å². The molecule has 0 aliphatic carbocycles. The van der Waals surface area contributed by atoms with Crippen molar-refractivity contribution in [1.29, 1.82) is 0 Å². The number of nitrogens with zero attached hydrogens (tertiary/aromatic N) is 2. The van der Waals surface area contributed by atoms with Crippen LogP contribution < -0.4 is 48.3 Å². The summed E-state index contributed by atoms with van der Waals surface area (Å²) in [5, 5.41) is 68.3. The average Bonchev–Trinajstić information content (AvgIpc) is 4.00. The van der Waals surface area contributed by atoms with E-state index in [0.717, 1.165) is 20.8 Å². The number of carboxylic acids is 2. The van der Waals surface area contributed by atoms with Crippen LogP contribution in [0.2, 0.25) is 0 Å². The minimum atomic E-state index is -2.00. The molecule has 0 radical (unpaired) electrons. The number of amides is 8. The number of aromatic amines is 2. The molecular formula is C41H63N13O16. The zero-order valence-corrected chi connectivity index (χ0v) is 39.0. The first-order valence-electron chi connectivity index (χ1n) is 21.9. The predicted molar refractivity (Wildman–Crippen MR) is 239 cm³/mol. The number of carboxylic acid groups (broad SMARTS) is 2. The summed E-state index contributed by atoms with van der Waals surface area (Å²) in [5.41, 5.74) is 6.12. The molecular weight excluding hydrogens is 931 g/mol. The van der Waals surface area contributed by atoms with Crippen LogP contribution in [0.25, 0.3) is 0 Å². The molecule has 388 valence electrons. The lowest BCUT2D eigenvalue weighted by atomic mass is 10.0. The van der Waals surface area contributed by atoms with E-state index in [9.17, 15) is 78.3 Å². The fourth-order valence-corrected chi connectivity index (χ4v) is 6.51. The van der Waals surface area contributed by atoms with E-state index in [0.29, 0.717) is 17.7 Å². The molecule has 0 aliphatic heterocycles. The lowest BCUT2D eigenvalue weighted by Crippen LogP contribution is -2.63. The van der Waals surface area contributed by atoms with Gasteiger partial charge in [0.1, 0.15) is 48.6 Å². The van der Waals surface area contributed by atoms with Crippen molar-refractivity contribution in [2.45, 2.75) is 140 Å². The van der Waals surface area contributed by atoms with E-state index in [4.69, 9.17) is 5.73 Å². The molecule has 70 heavy (non-hydrogen) atoms. The van der Waals surface area contributed by atoms with Gasteiger partial charge in [-0.05, 0) is 39.5 Å². The smallest absolute Gasteiger partial charge is 0.305 e. The Bertz CT molecular complexity index is 2100. The molecule has 0 bridgehead atoms. The van der Waals surface area contributed by atoms with Crippen LogP contribution in [-0.4, -0.2) is 184 Å². The maximum absolute atomic E-state index is 13.9. The van der Waals surface area contributed by atoms with Crippen LogP contribution in [0.4, 0.5) is 0 Å². The highest BCUT2D eigenvalue weighted by Crippen LogP contribution is 2.11. The maximum atomic E-state index is 13.9. The van der Waals surface area contributed by atoms with Crippen LogP contribution in [-0.2, 0) is 65.6 Å². The summed E-state index contributed by atoms with van der Waals surface area (Å²) in [6, 6.07) is -13.3. The Morgan fingerprint density at radius 3 is 1.46 bits per heavy atom. The molecule has 2 rings (SSSR count). The van der Waals surface area contributed by atoms with E-state index >= 15 is 0 Å². The molecule has 29 heteroatoms. The number of aliphatic hydroxyl groups is 3. The minimum Gasteiger partial charge on any atom is -0.481 e. The van der Waals surface area contributed by atoms with E-state index in [1.807, 2.05) is 5.32 Å². The van der Waals surface area contributed by atoms with Gasteiger partial charge in [0.2, 0.25) is 47.3 Å². The number of aliphatic hydroxyl groups excluding tert-OH is 3. The van der Waals surface area contributed by atoms with Gasteiger partial charge in [0.25, 0.3) is 0 Å². The third-order valence-corrected chi connectivity index (χ3v) is 10.1. The van der Waals surface area contributed by atoms with Crippen LogP contribution >= 0.6 is 0 Å². The molecule has 0 saturated heterocycles. The summed E-state index contributed by atoms with van der Waals surface area (Å²) in [7, 11) is 0. The van der Waals surface area contributed by atoms with Gasteiger partial charge in [-0.2, -0.15) is 0 Å². The zero-order valence-electron chi connectivity index (χ0n) is 39.0.